The van der Waals surface area contributed by atoms with Gasteiger partial charge in [-0.2, -0.15) is 0 Å². The summed E-state index contributed by atoms with van der Waals surface area (Å²) in [6, 6.07) is 13.5. The number of nitrogens with zero attached hydrogens (tertiary/aromatic N) is 2. The number of anilines is 1. The van der Waals surface area contributed by atoms with Crippen molar-refractivity contribution in [2.24, 2.45) is 7.05 Å². The molecule has 0 bridgehead atoms. The smallest absolute Gasteiger partial charge is 0.247 e. The van der Waals surface area contributed by atoms with Gasteiger partial charge >= 0.3 is 0 Å². The Morgan fingerprint density at radius 3 is 2.85 bits per heavy atom. The van der Waals surface area contributed by atoms with Gasteiger partial charge in [-0.15, -0.1) is 0 Å². The summed E-state index contributed by atoms with van der Waals surface area (Å²) in [5.41, 5.74) is 5.28. The van der Waals surface area contributed by atoms with Crippen LogP contribution in [0, 0.1) is 0 Å². The van der Waals surface area contributed by atoms with Crippen LogP contribution in [0.1, 0.15) is 0 Å². The van der Waals surface area contributed by atoms with Crippen molar-refractivity contribution in [1.29, 1.82) is 0 Å². The fraction of sp³-hybridized carbons (Fsp3) is 0.0476. The standard InChI is InChI=1S/C21H17ClN4O/c1-3-20(27)24-16-8-14-9-18(13-5-4-6-15(22)7-13)25-21(14)17(10-16)19-11-26(2)12-23-19/h3-12,25H,1H2,2H3,(H,24,27). The van der Waals surface area contributed by atoms with Crippen molar-refractivity contribution in [2.75, 3.05) is 5.32 Å². The monoisotopic (exact) mass is 376 g/mol. The van der Waals surface area contributed by atoms with Gasteiger partial charge in [0.05, 0.1) is 17.5 Å². The first-order chi connectivity index (χ1) is 13.0. The van der Waals surface area contributed by atoms with Crippen LogP contribution in [-0.2, 0) is 11.8 Å². The van der Waals surface area contributed by atoms with Crippen molar-refractivity contribution >= 4 is 34.1 Å². The van der Waals surface area contributed by atoms with E-state index in [0.29, 0.717) is 10.7 Å². The molecule has 1 amide bonds. The Kier molecular flexibility index (Phi) is 4.30. The maximum absolute atomic E-state index is 11.8. The number of benzene rings is 2. The lowest BCUT2D eigenvalue weighted by Gasteiger charge is -2.06. The van der Waals surface area contributed by atoms with Crippen LogP contribution in [0.2, 0.25) is 5.02 Å². The number of halogens is 1. The maximum atomic E-state index is 11.8. The van der Waals surface area contributed by atoms with Crippen LogP contribution in [-0.4, -0.2) is 20.4 Å². The van der Waals surface area contributed by atoms with Crippen molar-refractivity contribution in [2.45, 2.75) is 0 Å². The third-order valence-corrected chi connectivity index (χ3v) is 4.53. The highest BCUT2D eigenvalue weighted by molar-refractivity contribution is 6.30. The number of aromatic amines is 1. The van der Waals surface area contributed by atoms with Gasteiger partial charge in [0.2, 0.25) is 5.91 Å². The summed E-state index contributed by atoms with van der Waals surface area (Å²) in [6.07, 6.45) is 4.93. The molecule has 0 radical (unpaired) electrons. The molecule has 0 aliphatic heterocycles. The van der Waals surface area contributed by atoms with Crippen LogP contribution in [0.3, 0.4) is 0 Å². The lowest BCUT2D eigenvalue weighted by Crippen LogP contribution is -2.07. The van der Waals surface area contributed by atoms with Crippen molar-refractivity contribution < 1.29 is 4.79 Å². The molecule has 27 heavy (non-hydrogen) atoms. The first-order valence-corrected chi connectivity index (χ1v) is 8.76. The number of nitrogens with one attached hydrogen (secondary N) is 2. The molecular weight excluding hydrogens is 360 g/mol. The van der Waals surface area contributed by atoms with E-state index in [1.54, 1.807) is 6.33 Å². The van der Waals surface area contributed by atoms with Crippen LogP contribution in [0.25, 0.3) is 33.4 Å². The number of hydrogen-bond acceptors (Lipinski definition) is 2. The highest BCUT2D eigenvalue weighted by Crippen LogP contribution is 2.34. The second-order valence-electron chi connectivity index (χ2n) is 6.30. The zero-order valence-corrected chi connectivity index (χ0v) is 15.4. The maximum Gasteiger partial charge on any atom is 0.247 e. The van der Waals surface area contributed by atoms with E-state index in [0.717, 1.165) is 33.4 Å². The highest BCUT2D eigenvalue weighted by atomic mass is 35.5. The van der Waals surface area contributed by atoms with E-state index >= 15 is 0 Å². The number of H-pyrrole nitrogens is 1. The molecule has 2 aromatic carbocycles. The number of fused-ring (bicyclic) bond motifs is 1. The predicted octanol–water partition coefficient (Wildman–Crippen LogP) is 5.01. The number of amides is 1. The van der Waals surface area contributed by atoms with E-state index in [9.17, 15) is 4.79 Å². The minimum Gasteiger partial charge on any atom is -0.354 e. The van der Waals surface area contributed by atoms with Crippen LogP contribution in [0.15, 0.2) is 67.6 Å². The molecule has 0 saturated heterocycles. The van der Waals surface area contributed by atoms with Gasteiger partial charge in [0.1, 0.15) is 0 Å². The number of carbonyl (C=O) groups is 1. The number of aryl methyl sites for hydroxylation is 1. The predicted molar refractivity (Wildman–Crippen MR) is 110 cm³/mol. The van der Waals surface area contributed by atoms with Gasteiger partial charge in [0.25, 0.3) is 0 Å². The van der Waals surface area contributed by atoms with Crippen LogP contribution in [0.4, 0.5) is 5.69 Å². The molecule has 6 heteroatoms. The molecule has 0 saturated carbocycles. The molecule has 0 spiro atoms. The van der Waals surface area contributed by atoms with Gasteiger partial charge in [-0.05, 0) is 42.0 Å². The summed E-state index contributed by atoms with van der Waals surface area (Å²) in [4.78, 5) is 19.7. The zero-order valence-electron chi connectivity index (χ0n) is 14.7. The third kappa shape index (κ3) is 3.37. The average molecular weight is 377 g/mol. The molecule has 4 rings (SSSR count). The van der Waals surface area contributed by atoms with Crippen LogP contribution >= 0.6 is 11.6 Å². The molecule has 0 aliphatic carbocycles. The molecule has 0 atom stereocenters. The number of hydrogen-bond donors (Lipinski definition) is 2. The minimum absolute atomic E-state index is 0.257. The lowest BCUT2D eigenvalue weighted by molar-refractivity contribution is -0.111. The number of imidazole rings is 1. The first-order valence-electron chi connectivity index (χ1n) is 8.38. The Morgan fingerprint density at radius 1 is 1.30 bits per heavy atom. The molecular formula is C21H17ClN4O. The van der Waals surface area contributed by atoms with E-state index < -0.39 is 0 Å². The summed E-state index contributed by atoms with van der Waals surface area (Å²) in [7, 11) is 1.92. The Labute approximate surface area is 161 Å². The second-order valence-corrected chi connectivity index (χ2v) is 6.74. The molecule has 2 heterocycles. The third-order valence-electron chi connectivity index (χ3n) is 4.30. The molecule has 4 aromatic rings. The largest absolute Gasteiger partial charge is 0.354 e. The summed E-state index contributed by atoms with van der Waals surface area (Å²) in [6.45, 7) is 3.51. The Bertz CT molecular complexity index is 1170. The minimum atomic E-state index is -0.257. The van der Waals surface area contributed by atoms with E-state index in [1.165, 1.54) is 6.08 Å². The summed E-state index contributed by atoms with van der Waals surface area (Å²) >= 11 is 6.14. The fourth-order valence-corrected chi connectivity index (χ4v) is 3.27. The quantitative estimate of drug-likeness (QED) is 0.491. The highest BCUT2D eigenvalue weighted by Gasteiger charge is 2.13. The van der Waals surface area contributed by atoms with Gasteiger partial charge in [-0.1, -0.05) is 30.3 Å². The fourth-order valence-electron chi connectivity index (χ4n) is 3.08. The van der Waals surface area contributed by atoms with Crippen LogP contribution < -0.4 is 5.32 Å². The second kappa shape index (κ2) is 6.78. The summed E-state index contributed by atoms with van der Waals surface area (Å²) in [5.74, 6) is -0.257. The normalized spacial score (nSPS) is 10.9. The van der Waals surface area contributed by atoms with Gasteiger partial charge in [-0.3, -0.25) is 4.79 Å². The van der Waals surface area contributed by atoms with Crippen LogP contribution in [0.5, 0.6) is 0 Å². The SMILES string of the molecule is C=CC(=O)Nc1cc(-c2cn(C)cn2)c2[nH]c(-c3cccc(Cl)c3)cc2c1. The Hall–Kier alpha value is -3.31. The topological polar surface area (TPSA) is 62.7 Å². The number of rotatable bonds is 4. The number of aromatic nitrogens is 3. The van der Waals surface area contributed by atoms with E-state index in [4.69, 9.17) is 11.6 Å². The molecule has 5 nitrogen and oxygen atoms in total. The lowest BCUT2D eigenvalue weighted by atomic mass is 10.1. The molecule has 2 N–H and O–H groups in total. The van der Waals surface area contributed by atoms with E-state index in [1.807, 2.05) is 60.3 Å². The molecule has 2 aromatic heterocycles. The van der Waals surface area contributed by atoms with E-state index in [2.05, 4.69) is 21.9 Å². The van der Waals surface area contributed by atoms with Crippen molar-refractivity contribution in [3.63, 3.8) is 0 Å². The van der Waals surface area contributed by atoms with Gasteiger partial charge in [0, 0.05) is 40.6 Å². The Morgan fingerprint density at radius 2 is 2.15 bits per heavy atom. The summed E-state index contributed by atoms with van der Waals surface area (Å²) in [5, 5.41) is 4.47. The van der Waals surface area contributed by atoms with Crippen molar-refractivity contribution in [1.82, 2.24) is 14.5 Å². The van der Waals surface area contributed by atoms with E-state index in [-0.39, 0.29) is 5.91 Å². The molecule has 0 unspecified atom stereocenters. The van der Waals surface area contributed by atoms with Crippen molar-refractivity contribution in [3.8, 4) is 22.5 Å². The summed E-state index contributed by atoms with van der Waals surface area (Å²) < 4.78 is 1.89. The zero-order chi connectivity index (χ0) is 19.0. The Balaban J connectivity index is 1.91. The molecule has 0 fully saturated rings. The number of carbonyl (C=O) groups excluding carboxylic acids is 1. The average Bonchev–Trinajstić information content (AvgIpc) is 3.27. The van der Waals surface area contributed by atoms with Gasteiger partial charge in [-0.25, -0.2) is 4.98 Å². The first kappa shape index (κ1) is 17.1. The molecule has 0 aliphatic rings. The van der Waals surface area contributed by atoms with Gasteiger partial charge in [0.15, 0.2) is 0 Å². The van der Waals surface area contributed by atoms with Crippen molar-refractivity contribution in [3.05, 3.63) is 72.7 Å². The van der Waals surface area contributed by atoms with Gasteiger partial charge < -0.3 is 14.9 Å². The molecule has 134 valence electrons.